The van der Waals surface area contributed by atoms with Crippen molar-refractivity contribution in [1.29, 1.82) is 5.41 Å². The van der Waals surface area contributed by atoms with E-state index >= 15 is 0 Å². The van der Waals surface area contributed by atoms with Crippen molar-refractivity contribution in [2.75, 3.05) is 0 Å². The SMILES string of the molecule is N=C(N)CC=CC=C([N+](=O)[O-])[N+](=O)[O-]. The molecule has 0 aliphatic heterocycles. The van der Waals surface area contributed by atoms with Crippen LogP contribution in [0.5, 0.6) is 0 Å². The van der Waals surface area contributed by atoms with Crippen molar-refractivity contribution >= 4 is 5.84 Å². The highest BCUT2D eigenvalue weighted by atomic mass is 16.7. The Labute approximate surface area is 78.5 Å². The van der Waals surface area contributed by atoms with Gasteiger partial charge in [-0.05, 0) is 0 Å². The van der Waals surface area contributed by atoms with Gasteiger partial charge in [-0.1, -0.05) is 12.2 Å². The van der Waals surface area contributed by atoms with Gasteiger partial charge < -0.3 is 5.73 Å². The van der Waals surface area contributed by atoms with Crippen LogP contribution >= 0.6 is 0 Å². The summed E-state index contributed by atoms with van der Waals surface area (Å²) < 4.78 is 0. The third-order valence-corrected chi connectivity index (χ3v) is 1.09. The number of allylic oxidation sites excluding steroid dienone is 2. The average molecular weight is 200 g/mol. The lowest BCUT2D eigenvalue weighted by Gasteiger charge is -1.86. The van der Waals surface area contributed by atoms with Crippen molar-refractivity contribution in [1.82, 2.24) is 0 Å². The average Bonchev–Trinajstić information content (AvgIpc) is 2.01. The molecule has 0 saturated heterocycles. The van der Waals surface area contributed by atoms with E-state index in [0.29, 0.717) is 0 Å². The minimum absolute atomic E-state index is 0.0964. The molecule has 8 heteroatoms. The van der Waals surface area contributed by atoms with Crippen molar-refractivity contribution in [2.45, 2.75) is 6.42 Å². The topological polar surface area (TPSA) is 136 Å². The predicted octanol–water partition coefficient (Wildman–Crippen LogP) is 0.263. The fourth-order valence-electron chi connectivity index (χ4n) is 0.537. The summed E-state index contributed by atoms with van der Waals surface area (Å²) >= 11 is 0. The van der Waals surface area contributed by atoms with Gasteiger partial charge in [-0.15, -0.1) is 0 Å². The summed E-state index contributed by atoms with van der Waals surface area (Å²) in [5, 5.41) is 26.9. The van der Waals surface area contributed by atoms with E-state index in [0.717, 1.165) is 12.2 Å². The summed E-state index contributed by atoms with van der Waals surface area (Å²) in [5.74, 6) is -1.25. The zero-order valence-electron chi connectivity index (χ0n) is 7.04. The number of rotatable bonds is 5. The quantitative estimate of drug-likeness (QED) is 0.215. The van der Waals surface area contributed by atoms with Crippen molar-refractivity contribution in [2.24, 2.45) is 5.73 Å². The van der Waals surface area contributed by atoms with Crippen LogP contribution in [0.15, 0.2) is 24.0 Å². The van der Waals surface area contributed by atoms with Crippen LogP contribution in [0.25, 0.3) is 0 Å². The van der Waals surface area contributed by atoms with Gasteiger partial charge in [0.25, 0.3) is 0 Å². The van der Waals surface area contributed by atoms with Crippen LogP contribution < -0.4 is 5.73 Å². The predicted molar refractivity (Wildman–Crippen MR) is 47.7 cm³/mol. The minimum atomic E-state index is -1.12. The summed E-state index contributed by atoms with van der Waals surface area (Å²) in [5.41, 5.74) is 4.97. The number of hydrogen-bond donors (Lipinski definition) is 2. The van der Waals surface area contributed by atoms with E-state index < -0.39 is 15.7 Å². The first-order valence-electron chi connectivity index (χ1n) is 3.43. The molecule has 0 fully saturated rings. The fourth-order valence-corrected chi connectivity index (χ4v) is 0.537. The second kappa shape index (κ2) is 5.41. The van der Waals surface area contributed by atoms with Gasteiger partial charge in [0.1, 0.15) is 9.85 Å². The molecular formula is C6H8N4O4. The molecule has 0 aromatic carbocycles. The Morgan fingerprint density at radius 2 is 1.86 bits per heavy atom. The van der Waals surface area contributed by atoms with Gasteiger partial charge in [-0.2, -0.15) is 0 Å². The van der Waals surface area contributed by atoms with Gasteiger partial charge in [0.2, 0.25) is 0 Å². The van der Waals surface area contributed by atoms with Gasteiger partial charge in [0.05, 0.1) is 11.9 Å². The normalized spacial score (nSPS) is 9.71. The molecule has 0 saturated carbocycles. The maximum absolute atomic E-state index is 10.1. The highest BCUT2D eigenvalue weighted by Gasteiger charge is 2.22. The van der Waals surface area contributed by atoms with E-state index in [1.165, 1.54) is 6.08 Å². The maximum Gasteiger partial charge on any atom is 0.558 e. The first-order chi connectivity index (χ1) is 6.45. The van der Waals surface area contributed by atoms with Gasteiger partial charge >= 0.3 is 5.82 Å². The van der Waals surface area contributed by atoms with Crippen LogP contribution in [0.3, 0.4) is 0 Å². The third kappa shape index (κ3) is 4.59. The van der Waals surface area contributed by atoms with Crippen molar-refractivity contribution in [3.8, 4) is 0 Å². The van der Waals surface area contributed by atoms with Crippen LogP contribution in [0.4, 0.5) is 0 Å². The van der Waals surface area contributed by atoms with Gasteiger partial charge in [0.15, 0.2) is 0 Å². The highest BCUT2D eigenvalue weighted by molar-refractivity contribution is 5.78. The first kappa shape index (κ1) is 11.8. The Kier molecular flexibility index (Phi) is 4.54. The van der Waals surface area contributed by atoms with E-state index in [9.17, 15) is 20.2 Å². The Bertz CT molecular complexity index is 304. The number of hydrogen-bond acceptors (Lipinski definition) is 5. The van der Waals surface area contributed by atoms with Crippen LogP contribution in [0, 0.1) is 25.6 Å². The van der Waals surface area contributed by atoms with Crippen LogP contribution in [0.2, 0.25) is 0 Å². The molecule has 0 aromatic heterocycles. The molecule has 14 heavy (non-hydrogen) atoms. The molecular weight excluding hydrogens is 192 g/mol. The molecule has 0 rings (SSSR count). The van der Waals surface area contributed by atoms with Gasteiger partial charge in [-0.3, -0.25) is 25.6 Å². The Balaban J connectivity index is 4.46. The molecule has 0 spiro atoms. The Morgan fingerprint density at radius 1 is 1.36 bits per heavy atom. The summed E-state index contributed by atoms with van der Waals surface area (Å²) in [6, 6.07) is 0. The molecule has 3 N–H and O–H groups in total. The lowest BCUT2D eigenvalue weighted by molar-refractivity contribution is -0.615. The van der Waals surface area contributed by atoms with E-state index in [-0.39, 0.29) is 12.3 Å². The smallest absolute Gasteiger partial charge is 0.387 e. The molecule has 0 amide bonds. The van der Waals surface area contributed by atoms with Crippen LogP contribution in [0.1, 0.15) is 6.42 Å². The maximum atomic E-state index is 10.1. The minimum Gasteiger partial charge on any atom is -0.387 e. The second-order valence-electron chi connectivity index (χ2n) is 2.20. The summed E-state index contributed by atoms with van der Waals surface area (Å²) in [6.07, 6.45) is 3.26. The van der Waals surface area contributed by atoms with E-state index in [2.05, 4.69) is 0 Å². The molecule has 0 aromatic rings. The molecule has 0 aliphatic carbocycles. The van der Waals surface area contributed by atoms with E-state index in [1.807, 2.05) is 0 Å². The third-order valence-electron chi connectivity index (χ3n) is 1.09. The van der Waals surface area contributed by atoms with Crippen LogP contribution in [-0.2, 0) is 0 Å². The van der Waals surface area contributed by atoms with Crippen LogP contribution in [-0.4, -0.2) is 15.7 Å². The van der Waals surface area contributed by atoms with E-state index in [1.54, 1.807) is 0 Å². The van der Waals surface area contributed by atoms with Gasteiger partial charge in [0, 0.05) is 6.42 Å². The molecule has 0 aliphatic rings. The molecule has 0 atom stereocenters. The zero-order valence-corrected chi connectivity index (χ0v) is 7.04. The van der Waals surface area contributed by atoms with E-state index in [4.69, 9.17) is 11.1 Å². The second-order valence-corrected chi connectivity index (χ2v) is 2.20. The molecule has 0 unspecified atom stereocenters. The standard InChI is InChI=1S/C6H8N4O4/c7-5(8)3-1-2-4-6(9(11)12)10(13)14/h1-2,4H,3H2,(H3,7,8). The molecule has 0 heterocycles. The zero-order chi connectivity index (χ0) is 11.1. The lowest BCUT2D eigenvalue weighted by Crippen LogP contribution is -2.08. The molecule has 0 radical (unpaired) electrons. The summed E-state index contributed by atoms with van der Waals surface area (Å²) in [4.78, 5) is 17.9. The van der Waals surface area contributed by atoms with Crippen molar-refractivity contribution in [3.05, 3.63) is 44.3 Å². The largest absolute Gasteiger partial charge is 0.558 e. The fraction of sp³-hybridized carbons (Fsp3) is 0.167. The summed E-state index contributed by atoms with van der Waals surface area (Å²) in [6.45, 7) is 0. The molecule has 76 valence electrons. The molecule has 8 nitrogen and oxygen atoms in total. The summed E-state index contributed by atoms with van der Waals surface area (Å²) in [7, 11) is 0. The molecule has 0 bridgehead atoms. The Morgan fingerprint density at radius 3 is 2.21 bits per heavy atom. The lowest BCUT2D eigenvalue weighted by atomic mass is 10.3. The number of nitrogens with two attached hydrogens (primary N) is 1. The van der Waals surface area contributed by atoms with Gasteiger partial charge in [-0.25, -0.2) is 0 Å². The highest BCUT2D eigenvalue weighted by Crippen LogP contribution is 1.97. The number of nitro groups is 2. The number of amidine groups is 1. The number of nitrogens with zero attached hydrogens (tertiary/aromatic N) is 2. The number of nitrogens with one attached hydrogen (secondary N) is 1. The van der Waals surface area contributed by atoms with Crippen molar-refractivity contribution < 1.29 is 9.85 Å². The van der Waals surface area contributed by atoms with Crippen molar-refractivity contribution in [3.63, 3.8) is 0 Å². The first-order valence-corrected chi connectivity index (χ1v) is 3.43. The monoisotopic (exact) mass is 200 g/mol. The Hall–Kier alpha value is -2.25.